The topological polar surface area (TPSA) is 66.5 Å². The fourth-order valence-electron chi connectivity index (χ4n) is 3.80. The molecule has 0 heterocycles. The van der Waals surface area contributed by atoms with Crippen LogP contribution in [0.5, 0.6) is 0 Å². The van der Waals surface area contributed by atoms with E-state index < -0.39 is 10.0 Å². The predicted octanol–water partition coefficient (Wildman–Crippen LogP) is 3.83. The second-order valence-electron chi connectivity index (χ2n) is 8.06. The number of fused-ring (bicyclic) bond motifs is 1. The van der Waals surface area contributed by atoms with E-state index in [1.54, 1.807) is 12.1 Å². The van der Waals surface area contributed by atoms with Crippen molar-refractivity contribution < 1.29 is 13.2 Å². The Morgan fingerprint density at radius 2 is 1.72 bits per heavy atom. The van der Waals surface area contributed by atoms with Crippen molar-refractivity contribution in [1.82, 2.24) is 5.32 Å². The van der Waals surface area contributed by atoms with Gasteiger partial charge in [-0.1, -0.05) is 24.3 Å². The fraction of sp³-hybridized carbons (Fsp3) is 0.435. The number of nitrogens with one attached hydrogen (secondary N) is 1. The molecule has 3 rings (SSSR count). The van der Waals surface area contributed by atoms with Crippen LogP contribution in [0.15, 0.2) is 36.4 Å². The summed E-state index contributed by atoms with van der Waals surface area (Å²) < 4.78 is 25.8. The molecule has 0 radical (unpaired) electrons. The van der Waals surface area contributed by atoms with Gasteiger partial charge in [0.2, 0.25) is 15.9 Å². The summed E-state index contributed by atoms with van der Waals surface area (Å²) in [5.41, 5.74) is 6.38. The Hall–Kier alpha value is -2.34. The molecular weight excluding hydrogens is 384 g/mol. The minimum atomic E-state index is -3.58. The average Bonchev–Trinajstić information content (AvgIpc) is 2.67. The van der Waals surface area contributed by atoms with E-state index in [0.29, 0.717) is 5.69 Å². The summed E-state index contributed by atoms with van der Waals surface area (Å²) in [6.45, 7) is 5.59. The highest BCUT2D eigenvalue weighted by molar-refractivity contribution is 7.92. The quantitative estimate of drug-likeness (QED) is 0.781. The first-order valence-corrected chi connectivity index (χ1v) is 12.0. The van der Waals surface area contributed by atoms with Crippen LogP contribution in [0.1, 0.15) is 53.6 Å². The number of aryl methyl sites for hydroxylation is 4. The molecule has 2 aromatic rings. The number of nitrogens with zero attached hydrogens (tertiary/aromatic N) is 1. The lowest BCUT2D eigenvalue weighted by molar-refractivity contribution is -0.120. The predicted molar refractivity (Wildman–Crippen MR) is 118 cm³/mol. The third-order valence-electron chi connectivity index (χ3n) is 5.72. The number of amides is 1. The molecule has 1 atom stereocenters. The van der Waals surface area contributed by atoms with E-state index in [1.165, 1.54) is 24.0 Å². The zero-order chi connectivity index (χ0) is 21.2. The van der Waals surface area contributed by atoms with Crippen LogP contribution in [-0.2, 0) is 27.7 Å². The van der Waals surface area contributed by atoms with Crippen molar-refractivity contribution in [3.63, 3.8) is 0 Å². The maximum absolute atomic E-state index is 12.7. The third-order valence-corrected chi connectivity index (χ3v) is 6.86. The van der Waals surface area contributed by atoms with Gasteiger partial charge in [-0.05, 0) is 86.4 Å². The maximum atomic E-state index is 12.7. The van der Waals surface area contributed by atoms with Gasteiger partial charge >= 0.3 is 0 Å². The van der Waals surface area contributed by atoms with E-state index in [9.17, 15) is 13.2 Å². The molecule has 29 heavy (non-hydrogen) atoms. The summed E-state index contributed by atoms with van der Waals surface area (Å²) in [5.74, 6) is -0.320. The van der Waals surface area contributed by atoms with Gasteiger partial charge in [-0.2, -0.15) is 0 Å². The molecule has 0 unspecified atom stereocenters. The Labute approximate surface area is 174 Å². The van der Waals surface area contributed by atoms with E-state index >= 15 is 0 Å². The van der Waals surface area contributed by atoms with Gasteiger partial charge in [0, 0.05) is 0 Å². The van der Waals surface area contributed by atoms with E-state index in [1.807, 2.05) is 26.8 Å². The molecule has 0 saturated heterocycles. The van der Waals surface area contributed by atoms with Crippen LogP contribution in [0.4, 0.5) is 5.69 Å². The molecule has 156 valence electrons. The van der Waals surface area contributed by atoms with Gasteiger partial charge < -0.3 is 5.32 Å². The highest BCUT2D eigenvalue weighted by Gasteiger charge is 2.22. The molecule has 0 saturated carbocycles. The molecule has 0 bridgehead atoms. The van der Waals surface area contributed by atoms with Crippen LogP contribution < -0.4 is 9.62 Å². The van der Waals surface area contributed by atoms with Crippen molar-refractivity contribution in [2.45, 2.75) is 52.5 Å². The van der Waals surface area contributed by atoms with Crippen molar-refractivity contribution >= 4 is 21.6 Å². The minimum absolute atomic E-state index is 0.184. The second-order valence-corrected chi connectivity index (χ2v) is 9.97. The molecule has 6 heteroatoms. The van der Waals surface area contributed by atoms with Gasteiger partial charge in [-0.3, -0.25) is 9.10 Å². The molecule has 5 nitrogen and oxygen atoms in total. The molecule has 0 aliphatic heterocycles. The van der Waals surface area contributed by atoms with E-state index in [2.05, 4.69) is 23.5 Å². The summed E-state index contributed by atoms with van der Waals surface area (Å²) in [6.07, 6.45) is 5.77. The Morgan fingerprint density at radius 1 is 1.03 bits per heavy atom. The maximum Gasteiger partial charge on any atom is 0.241 e. The Kier molecular flexibility index (Phi) is 6.32. The molecule has 1 aliphatic carbocycles. The number of hydrogen-bond acceptors (Lipinski definition) is 3. The largest absolute Gasteiger partial charge is 0.348 e. The van der Waals surface area contributed by atoms with Crippen LogP contribution in [-0.4, -0.2) is 27.1 Å². The number of hydrogen-bond donors (Lipinski definition) is 1. The van der Waals surface area contributed by atoms with Gasteiger partial charge in [0.05, 0.1) is 18.0 Å². The summed E-state index contributed by atoms with van der Waals surface area (Å²) in [7, 11) is -3.58. The standard InChI is InChI=1S/C23H30N2O3S/c1-16-9-12-22(13-17(16)2)25(29(4,27)28)15-23(26)24-18(3)20-11-10-19-7-5-6-8-21(19)14-20/h9-14,18H,5-8,15H2,1-4H3,(H,24,26)/t18-/m1/s1. The van der Waals surface area contributed by atoms with Gasteiger partial charge in [0.1, 0.15) is 6.54 Å². The van der Waals surface area contributed by atoms with Gasteiger partial charge in [-0.15, -0.1) is 0 Å². The lowest BCUT2D eigenvalue weighted by Gasteiger charge is -2.24. The second kappa shape index (κ2) is 8.57. The lowest BCUT2D eigenvalue weighted by atomic mass is 9.89. The highest BCUT2D eigenvalue weighted by Crippen LogP contribution is 2.25. The van der Waals surface area contributed by atoms with Gasteiger partial charge in [0.15, 0.2) is 0 Å². The number of rotatable bonds is 6. The molecule has 0 fully saturated rings. The Bertz CT molecular complexity index is 1010. The zero-order valence-corrected chi connectivity index (χ0v) is 18.5. The first-order chi connectivity index (χ1) is 13.6. The highest BCUT2D eigenvalue weighted by atomic mass is 32.2. The third kappa shape index (κ3) is 5.18. The summed E-state index contributed by atoms with van der Waals surface area (Å²) in [6, 6.07) is 11.6. The first-order valence-electron chi connectivity index (χ1n) is 10.1. The van der Waals surface area contributed by atoms with Crippen LogP contribution in [0.2, 0.25) is 0 Å². The van der Waals surface area contributed by atoms with Crippen molar-refractivity contribution in [2.24, 2.45) is 0 Å². The number of carbonyl (C=O) groups excluding carboxylic acids is 1. The molecule has 0 aromatic heterocycles. The molecule has 1 aliphatic rings. The van der Waals surface area contributed by atoms with Crippen molar-refractivity contribution in [3.8, 4) is 0 Å². The van der Waals surface area contributed by atoms with Crippen LogP contribution >= 0.6 is 0 Å². The molecular formula is C23H30N2O3S. The van der Waals surface area contributed by atoms with Gasteiger partial charge in [0.25, 0.3) is 0 Å². The van der Waals surface area contributed by atoms with E-state index in [4.69, 9.17) is 0 Å². The van der Waals surface area contributed by atoms with Crippen molar-refractivity contribution in [1.29, 1.82) is 0 Å². The Balaban J connectivity index is 1.74. The smallest absolute Gasteiger partial charge is 0.241 e. The lowest BCUT2D eigenvalue weighted by Crippen LogP contribution is -2.41. The van der Waals surface area contributed by atoms with E-state index in [-0.39, 0.29) is 18.5 Å². The van der Waals surface area contributed by atoms with Crippen LogP contribution in [0, 0.1) is 13.8 Å². The fourth-order valence-corrected chi connectivity index (χ4v) is 4.65. The van der Waals surface area contributed by atoms with Crippen molar-refractivity contribution in [3.05, 3.63) is 64.2 Å². The summed E-state index contributed by atoms with van der Waals surface area (Å²) in [4.78, 5) is 12.7. The zero-order valence-electron chi connectivity index (χ0n) is 17.7. The number of anilines is 1. The molecule has 1 N–H and O–H groups in total. The van der Waals surface area contributed by atoms with Crippen LogP contribution in [0.25, 0.3) is 0 Å². The van der Waals surface area contributed by atoms with Crippen molar-refractivity contribution in [2.75, 3.05) is 17.1 Å². The van der Waals surface area contributed by atoms with Crippen LogP contribution in [0.3, 0.4) is 0 Å². The molecule has 2 aromatic carbocycles. The van der Waals surface area contributed by atoms with Gasteiger partial charge in [-0.25, -0.2) is 8.42 Å². The molecule has 0 spiro atoms. The summed E-state index contributed by atoms with van der Waals surface area (Å²) in [5, 5.41) is 2.96. The monoisotopic (exact) mass is 414 g/mol. The number of benzene rings is 2. The van der Waals surface area contributed by atoms with E-state index in [0.717, 1.165) is 40.1 Å². The summed E-state index contributed by atoms with van der Waals surface area (Å²) >= 11 is 0. The first kappa shape index (κ1) is 21.4. The number of sulfonamides is 1. The molecule has 1 amide bonds. The SMILES string of the molecule is Cc1ccc(N(CC(=O)N[C@H](C)c2ccc3c(c2)CCCC3)S(C)(=O)=O)cc1C. The Morgan fingerprint density at radius 3 is 2.38 bits per heavy atom. The normalized spacial score (nSPS) is 14.8. The minimum Gasteiger partial charge on any atom is -0.348 e. The number of carbonyl (C=O) groups is 1. The average molecular weight is 415 g/mol.